The Morgan fingerprint density at radius 2 is 2.00 bits per heavy atom. The lowest BCUT2D eigenvalue weighted by Crippen LogP contribution is -2.31. The molecule has 0 aliphatic carbocycles. The molecular formula is C12H17BrClNO2. The topological polar surface area (TPSA) is 30.5 Å². The van der Waals surface area contributed by atoms with Crippen LogP contribution in [-0.4, -0.2) is 27.1 Å². The molecule has 0 spiro atoms. The van der Waals surface area contributed by atoms with Crippen molar-refractivity contribution in [3.63, 3.8) is 0 Å². The Hall–Kier alpha value is -0.130. The van der Waals surface area contributed by atoms with Crippen LogP contribution in [0, 0.1) is 0 Å². The third-order valence-electron chi connectivity index (χ3n) is 2.55. The van der Waals surface area contributed by atoms with Crippen molar-refractivity contribution in [3.8, 4) is 0 Å². The average molecular weight is 323 g/mol. The van der Waals surface area contributed by atoms with Gasteiger partial charge in [-0.15, -0.1) is 0 Å². The first kappa shape index (κ1) is 14.9. The third-order valence-corrected chi connectivity index (χ3v) is 3.37. The van der Waals surface area contributed by atoms with Crippen molar-refractivity contribution in [3.05, 3.63) is 33.3 Å². The van der Waals surface area contributed by atoms with Gasteiger partial charge in [-0.3, -0.25) is 0 Å². The minimum Gasteiger partial charge on any atom is -0.355 e. The smallest absolute Gasteiger partial charge is 0.169 e. The summed E-state index contributed by atoms with van der Waals surface area (Å²) in [6.07, 6.45) is -0.244. The SMILES string of the molecule is COC(CNC(C)c1ccc(Br)cc1Cl)OC. The van der Waals surface area contributed by atoms with Crippen LogP contribution < -0.4 is 5.32 Å². The summed E-state index contributed by atoms with van der Waals surface area (Å²) in [4.78, 5) is 0. The Bertz CT molecular complexity index is 358. The van der Waals surface area contributed by atoms with E-state index in [1.165, 1.54) is 0 Å². The van der Waals surface area contributed by atoms with E-state index < -0.39 is 0 Å². The van der Waals surface area contributed by atoms with Crippen LogP contribution in [0.2, 0.25) is 5.02 Å². The van der Waals surface area contributed by atoms with Crippen LogP contribution in [0.4, 0.5) is 0 Å². The normalized spacial score (nSPS) is 13.1. The quantitative estimate of drug-likeness (QED) is 0.815. The highest BCUT2D eigenvalue weighted by atomic mass is 79.9. The summed E-state index contributed by atoms with van der Waals surface area (Å²) >= 11 is 9.56. The fourth-order valence-corrected chi connectivity index (χ4v) is 2.34. The second kappa shape index (κ2) is 7.34. The molecule has 0 amide bonds. The molecule has 0 aliphatic heterocycles. The molecule has 1 atom stereocenters. The summed E-state index contributed by atoms with van der Waals surface area (Å²) < 4.78 is 11.2. The van der Waals surface area contributed by atoms with Crippen molar-refractivity contribution in [1.82, 2.24) is 5.32 Å². The van der Waals surface area contributed by atoms with Crippen LogP contribution in [0.25, 0.3) is 0 Å². The fourth-order valence-electron chi connectivity index (χ4n) is 1.50. The zero-order valence-electron chi connectivity index (χ0n) is 10.2. The van der Waals surface area contributed by atoms with E-state index in [-0.39, 0.29) is 12.3 Å². The third kappa shape index (κ3) is 4.56. The predicted octanol–water partition coefficient (Wildman–Crippen LogP) is 3.37. The maximum atomic E-state index is 6.17. The maximum Gasteiger partial charge on any atom is 0.169 e. The largest absolute Gasteiger partial charge is 0.355 e. The molecule has 3 nitrogen and oxygen atoms in total. The Labute approximate surface area is 116 Å². The Balaban J connectivity index is 2.60. The Kier molecular flexibility index (Phi) is 6.44. The molecule has 0 saturated carbocycles. The Morgan fingerprint density at radius 3 is 2.53 bits per heavy atom. The summed E-state index contributed by atoms with van der Waals surface area (Å²) in [5.41, 5.74) is 1.06. The first-order valence-electron chi connectivity index (χ1n) is 5.32. The van der Waals surface area contributed by atoms with Crippen LogP contribution >= 0.6 is 27.5 Å². The van der Waals surface area contributed by atoms with Gasteiger partial charge in [0.1, 0.15) is 0 Å². The van der Waals surface area contributed by atoms with E-state index in [1.807, 2.05) is 18.2 Å². The van der Waals surface area contributed by atoms with Gasteiger partial charge in [0.25, 0.3) is 0 Å². The minimum absolute atomic E-state index is 0.142. The van der Waals surface area contributed by atoms with Gasteiger partial charge in [-0.05, 0) is 24.6 Å². The van der Waals surface area contributed by atoms with Gasteiger partial charge in [-0.1, -0.05) is 33.6 Å². The number of benzene rings is 1. The second-order valence-corrected chi connectivity index (χ2v) is 5.02. The number of halogens is 2. The van der Waals surface area contributed by atoms with Crippen LogP contribution in [0.3, 0.4) is 0 Å². The molecule has 5 heteroatoms. The molecule has 1 aromatic rings. The van der Waals surface area contributed by atoms with Crippen molar-refractivity contribution in [1.29, 1.82) is 0 Å². The highest BCUT2D eigenvalue weighted by molar-refractivity contribution is 9.10. The van der Waals surface area contributed by atoms with Gasteiger partial charge >= 0.3 is 0 Å². The molecule has 17 heavy (non-hydrogen) atoms. The molecule has 0 saturated heterocycles. The number of nitrogens with one attached hydrogen (secondary N) is 1. The van der Waals surface area contributed by atoms with Crippen LogP contribution in [0.15, 0.2) is 22.7 Å². The molecule has 0 radical (unpaired) electrons. The summed E-state index contributed by atoms with van der Waals surface area (Å²) in [6, 6.07) is 6.00. The fraction of sp³-hybridized carbons (Fsp3) is 0.500. The van der Waals surface area contributed by atoms with Gasteiger partial charge in [-0.2, -0.15) is 0 Å². The zero-order chi connectivity index (χ0) is 12.8. The first-order chi connectivity index (χ1) is 8.08. The highest BCUT2D eigenvalue weighted by Crippen LogP contribution is 2.26. The number of hydrogen-bond donors (Lipinski definition) is 1. The molecular weight excluding hydrogens is 305 g/mol. The molecule has 1 N–H and O–H groups in total. The van der Waals surface area contributed by atoms with Crippen LogP contribution in [0.1, 0.15) is 18.5 Å². The standard InChI is InChI=1S/C12H17BrClNO2/c1-8(15-7-12(16-2)17-3)10-5-4-9(13)6-11(10)14/h4-6,8,12,15H,7H2,1-3H3. The van der Waals surface area contributed by atoms with Crippen molar-refractivity contribution < 1.29 is 9.47 Å². The lowest BCUT2D eigenvalue weighted by Gasteiger charge is -2.19. The molecule has 1 rings (SSSR count). The number of methoxy groups -OCH3 is 2. The van der Waals surface area contributed by atoms with E-state index in [2.05, 4.69) is 28.2 Å². The number of hydrogen-bond acceptors (Lipinski definition) is 3. The molecule has 0 fully saturated rings. The molecule has 96 valence electrons. The van der Waals surface area contributed by atoms with E-state index in [0.29, 0.717) is 6.54 Å². The minimum atomic E-state index is -0.244. The lowest BCUT2D eigenvalue weighted by molar-refractivity contribution is -0.0997. The number of ether oxygens (including phenoxy) is 2. The zero-order valence-corrected chi connectivity index (χ0v) is 12.5. The van der Waals surface area contributed by atoms with Gasteiger partial charge < -0.3 is 14.8 Å². The monoisotopic (exact) mass is 321 g/mol. The first-order valence-corrected chi connectivity index (χ1v) is 6.49. The summed E-state index contributed by atoms with van der Waals surface area (Å²) in [5, 5.41) is 4.05. The van der Waals surface area contributed by atoms with Crippen molar-refractivity contribution in [2.45, 2.75) is 19.3 Å². The predicted molar refractivity (Wildman–Crippen MR) is 73.4 cm³/mol. The van der Waals surface area contributed by atoms with E-state index in [1.54, 1.807) is 14.2 Å². The average Bonchev–Trinajstić information content (AvgIpc) is 2.30. The second-order valence-electron chi connectivity index (χ2n) is 3.70. The van der Waals surface area contributed by atoms with Gasteiger partial charge in [0.05, 0.1) is 0 Å². The van der Waals surface area contributed by atoms with E-state index in [0.717, 1.165) is 15.1 Å². The molecule has 0 heterocycles. The molecule has 0 aromatic heterocycles. The lowest BCUT2D eigenvalue weighted by atomic mass is 10.1. The highest BCUT2D eigenvalue weighted by Gasteiger charge is 2.12. The molecule has 1 unspecified atom stereocenters. The molecule has 1 aromatic carbocycles. The van der Waals surface area contributed by atoms with E-state index in [9.17, 15) is 0 Å². The van der Waals surface area contributed by atoms with E-state index >= 15 is 0 Å². The summed E-state index contributed by atoms with van der Waals surface area (Å²) in [5.74, 6) is 0. The molecule has 0 aliphatic rings. The van der Waals surface area contributed by atoms with Crippen molar-refractivity contribution in [2.75, 3.05) is 20.8 Å². The van der Waals surface area contributed by atoms with Crippen LogP contribution in [0.5, 0.6) is 0 Å². The van der Waals surface area contributed by atoms with E-state index in [4.69, 9.17) is 21.1 Å². The maximum absolute atomic E-state index is 6.17. The van der Waals surface area contributed by atoms with Gasteiger partial charge in [0.2, 0.25) is 0 Å². The van der Waals surface area contributed by atoms with Crippen molar-refractivity contribution in [2.24, 2.45) is 0 Å². The molecule has 0 bridgehead atoms. The summed E-state index contributed by atoms with van der Waals surface area (Å²) in [6.45, 7) is 2.66. The van der Waals surface area contributed by atoms with Crippen molar-refractivity contribution >= 4 is 27.5 Å². The van der Waals surface area contributed by atoms with Gasteiger partial charge in [0.15, 0.2) is 6.29 Å². The Morgan fingerprint density at radius 1 is 1.35 bits per heavy atom. The summed E-state index contributed by atoms with van der Waals surface area (Å²) in [7, 11) is 3.24. The van der Waals surface area contributed by atoms with Gasteiger partial charge in [0, 0.05) is 36.3 Å². The van der Waals surface area contributed by atoms with Crippen LogP contribution in [-0.2, 0) is 9.47 Å². The number of rotatable bonds is 6. The van der Waals surface area contributed by atoms with Gasteiger partial charge in [-0.25, -0.2) is 0 Å².